The van der Waals surface area contributed by atoms with Crippen molar-refractivity contribution >= 4 is 33.9 Å². The SMILES string of the molecule is CCCCCCCC/C=C/CCCCCCCC(=O)OCC(COC(=O)CCCCCCC/C=C/CCCCCCCC)(COC(=O)CCCCCCC/C=C/CCCCCCCC)N(CCS(=O)(=O)O)C(=O)CCCCCCC/C=C/CCCCCCCC. The van der Waals surface area contributed by atoms with Crippen molar-refractivity contribution in [2.45, 2.75) is 393 Å². The van der Waals surface area contributed by atoms with Crippen LogP contribution >= 0.6 is 0 Å². The van der Waals surface area contributed by atoms with Crippen LogP contribution in [-0.2, 0) is 43.5 Å². The van der Waals surface area contributed by atoms with Crippen LogP contribution in [0, 0.1) is 0 Å². The highest BCUT2D eigenvalue weighted by atomic mass is 32.2. The maximum Gasteiger partial charge on any atom is 0.305 e. The van der Waals surface area contributed by atoms with Gasteiger partial charge in [0.25, 0.3) is 10.1 Å². The largest absolute Gasteiger partial charge is 0.463 e. The zero-order valence-corrected chi connectivity index (χ0v) is 60.0. The third kappa shape index (κ3) is 61.0. The summed E-state index contributed by atoms with van der Waals surface area (Å²) in [7, 11) is -4.59. The summed E-state index contributed by atoms with van der Waals surface area (Å²) in [6.07, 6.45) is 76.8. The van der Waals surface area contributed by atoms with Crippen molar-refractivity contribution in [3.63, 3.8) is 0 Å². The van der Waals surface area contributed by atoms with Crippen LogP contribution in [0.3, 0.4) is 0 Å². The summed E-state index contributed by atoms with van der Waals surface area (Å²) in [6.45, 7) is 7.05. The molecule has 0 aliphatic carbocycles. The predicted molar refractivity (Wildman–Crippen MR) is 382 cm³/mol. The summed E-state index contributed by atoms with van der Waals surface area (Å²) in [5, 5.41) is 0. The molecule has 0 saturated carbocycles. The first-order chi connectivity index (χ1) is 43.9. The van der Waals surface area contributed by atoms with Crippen molar-refractivity contribution in [3.8, 4) is 0 Å². The van der Waals surface area contributed by atoms with Gasteiger partial charge in [-0.1, -0.05) is 282 Å². The van der Waals surface area contributed by atoms with Crippen molar-refractivity contribution in [3.05, 3.63) is 48.6 Å². The molecule has 0 rings (SSSR count). The Balaban J connectivity index is 6.14. The first kappa shape index (κ1) is 86.8. The highest BCUT2D eigenvalue weighted by Gasteiger charge is 2.44. The van der Waals surface area contributed by atoms with Crippen LogP contribution in [0.1, 0.15) is 387 Å². The molecule has 0 radical (unpaired) electrons. The van der Waals surface area contributed by atoms with E-state index in [4.69, 9.17) is 14.2 Å². The first-order valence-electron chi connectivity index (χ1n) is 38.3. The van der Waals surface area contributed by atoms with Gasteiger partial charge in [-0.25, -0.2) is 0 Å². The topological polar surface area (TPSA) is 154 Å². The smallest absolute Gasteiger partial charge is 0.305 e. The second-order valence-corrected chi connectivity index (χ2v) is 27.9. The summed E-state index contributed by atoms with van der Waals surface area (Å²) in [5.74, 6) is -2.77. The van der Waals surface area contributed by atoms with Crippen LogP contribution in [-0.4, -0.2) is 79.3 Å². The fourth-order valence-electron chi connectivity index (χ4n) is 11.6. The minimum atomic E-state index is -4.59. The molecule has 526 valence electrons. The van der Waals surface area contributed by atoms with Gasteiger partial charge in [-0.3, -0.25) is 23.7 Å². The average Bonchev–Trinajstić information content (AvgIpc) is 1.56. The van der Waals surface area contributed by atoms with E-state index in [0.717, 1.165) is 154 Å². The number of amides is 1. The van der Waals surface area contributed by atoms with Crippen molar-refractivity contribution < 1.29 is 46.4 Å². The van der Waals surface area contributed by atoms with Gasteiger partial charge in [0.15, 0.2) is 0 Å². The Morgan fingerprint density at radius 1 is 0.311 bits per heavy atom. The highest BCUT2D eigenvalue weighted by Crippen LogP contribution is 2.25. The zero-order valence-electron chi connectivity index (χ0n) is 59.2. The molecule has 0 aromatic carbocycles. The third-order valence-corrected chi connectivity index (χ3v) is 18.2. The molecule has 0 aromatic heterocycles. The van der Waals surface area contributed by atoms with E-state index in [1.165, 1.54) is 159 Å². The molecule has 0 fully saturated rings. The van der Waals surface area contributed by atoms with Gasteiger partial charge in [0.1, 0.15) is 25.4 Å². The van der Waals surface area contributed by atoms with E-state index in [-0.39, 0.29) is 25.7 Å². The third-order valence-electron chi connectivity index (χ3n) is 17.5. The molecular formula is C78H143NO10S. The number of carbonyl (C=O) groups is 4. The van der Waals surface area contributed by atoms with Crippen molar-refractivity contribution in [1.29, 1.82) is 0 Å². The summed E-state index contributed by atoms with van der Waals surface area (Å²) < 4.78 is 53.2. The number of hydrogen-bond donors (Lipinski definition) is 1. The molecule has 11 nitrogen and oxygen atoms in total. The average molecular weight is 1290 g/mol. The molecular weight excluding hydrogens is 1140 g/mol. The van der Waals surface area contributed by atoms with E-state index < -0.39 is 71.6 Å². The van der Waals surface area contributed by atoms with E-state index in [1.54, 1.807) is 0 Å². The molecule has 0 spiro atoms. The van der Waals surface area contributed by atoms with Crippen LogP contribution in [0.25, 0.3) is 0 Å². The fourth-order valence-corrected chi connectivity index (χ4v) is 12.0. The summed E-state index contributed by atoms with van der Waals surface area (Å²) in [5.41, 5.74) is -1.75. The molecule has 0 bridgehead atoms. The molecule has 0 aliphatic rings. The van der Waals surface area contributed by atoms with Crippen LogP contribution < -0.4 is 0 Å². The lowest BCUT2D eigenvalue weighted by Gasteiger charge is -2.42. The molecule has 0 aliphatic heterocycles. The standard InChI is InChI=1S/C78H143NO10S/c1-5-9-13-17-21-25-29-33-37-41-45-49-53-57-61-65-74(80)79(69-70-90(84,85)86)78(71-87-75(81)66-62-58-54-50-46-42-38-34-30-26-22-18-14-10-6-2,72-88-76(82)67-63-59-55-51-47-43-39-35-31-27-23-19-15-11-7-3)73-89-77(83)68-64-60-56-52-48-44-40-36-32-28-24-20-16-12-8-4/h33-40H,5-32,41-73H2,1-4H3,(H,84,85,86)/b37-33+,38-34+,39-35+,40-36+. The number of nitrogens with zero attached hydrogens (tertiary/aromatic N) is 1. The number of hydrogen-bond acceptors (Lipinski definition) is 9. The minimum absolute atomic E-state index is 0.0416. The molecule has 0 atom stereocenters. The van der Waals surface area contributed by atoms with Crippen molar-refractivity contribution in [1.82, 2.24) is 4.90 Å². The van der Waals surface area contributed by atoms with Gasteiger partial charge >= 0.3 is 17.9 Å². The second-order valence-electron chi connectivity index (χ2n) is 26.4. The van der Waals surface area contributed by atoms with E-state index >= 15 is 0 Å². The molecule has 1 N–H and O–H groups in total. The molecule has 0 unspecified atom stereocenters. The lowest BCUT2D eigenvalue weighted by Crippen LogP contribution is -2.62. The Hall–Kier alpha value is -3.25. The Morgan fingerprint density at radius 3 is 0.733 bits per heavy atom. The first-order valence-corrected chi connectivity index (χ1v) is 39.9. The Kier molecular flexibility index (Phi) is 64.8. The molecule has 90 heavy (non-hydrogen) atoms. The highest BCUT2D eigenvalue weighted by molar-refractivity contribution is 7.85. The monoisotopic (exact) mass is 1290 g/mol. The number of rotatable bonds is 70. The lowest BCUT2D eigenvalue weighted by molar-refractivity contribution is -0.172. The van der Waals surface area contributed by atoms with Gasteiger partial charge in [-0.15, -0.1) is 0 Å². The van der Waals surface area contributed by atoms with Gasteiger partial charge in [0.05, 0.1) is 5.75 Å². The number of unbranched alkanes of at least 4 members (excludes halogenated alkanes) is 44. The fraction of sp³-hybridized carbons (Fsp3) is 0.846. The number of esters is 3. The Bertz CT molecular complexity index is 1720. The van der Waals surface area contributed by atoms with E-state index in [0.29, 0.717) is 25.7 Å². The summed E-state index contributed by atoms with van der Waals surface area (Å²) in [6, 6.07) is 0. The molecule has 1 amide bonds. The summed E-state index contributed by atoms with van der Waals surface area (Å²) in [4.78, 5) is 57.0. The second kappa shape index (κ2) is 67.2. The quantitative estimate of drug-likeness (QED) is 0.0205. The number of ether oxygens (including phenoxy) is 3. The van der Waals surface area contributed by atoms with Gasteiger partial charge in [-0.05, 0) is 128 Å². The van der Waals surface area contributed by atoms with E-state index in [2.05, 4.69) is 76.3 Å². The van der Waals surface area contributed by atoms with Crippen LogP contribution in [0.5, 0.6) is 0 Å². The Labute approximate surface area is 555 Å². The van der Waals surface area contributed by atoms with Gasteiger partial charge in [-0.2, -0.15) is 8.42 Å². The van der Waals surface area contributed by atoms with E-state index in [9.17, 15) is 32.1 Å². The van der Waals surface area contributed by atoms with Gasteiger partial charge in [0.2, 0.25) is 5.91 Å². The van der Waals surface area contributed by atoms with Crippen LogP contribution in [0.4, 0.5) is 0 Å². The maximum absolute atomic E-state index is 14.7. The number of allylic oxidation sites excluding steroid dienone is 8. The lowest BCUT2D eigenvalue weighted by atomic mass is 9.98. The normalized spacial score (nSPS) is 12.2. The number of carbonyl (C=O) groups excluding carboxylic acids is 4. The Morgan fingerprint density at radius 2 is 0.511 bits per heavy atom. The predicted octanol–water partition coefficient (Wildman–Crippen LogP) is 23.2. The van der Waals surface area contributed by atoms with Crippen molar-refractivity contribution in [2.24, 2.45) is 0 Å². The molecule has 0 heterocycles. The molecule has 0 saturated heterocycles. The van der Waals surface area contributed by atoms with Crippen molar-refractivity contribution in [2.75, 3.05) is 32.1 Å². The van der Waals surface area contributed by atoms with E-state index in [1.807, 2.05) is 0 Å². The molecule has 12 heteroatoms. The maximum atomic E-state index is 14.7. The summed E-state index contributed by atoms with van der Waals surface area (Å²) >= 11 is 0. The van der Waals surface area contributed by atoms with Gasteiger partial charge < -0.3 is 19.1 Å². The zero-order chi connectivity index (χ0) is 65.8. The minimum Gasteiger partial charge on any atom is -0.463 e. The van der Waals surface area contributed by atoms with Gasteiger partial charge in [0, 0.05) is 32.2 Å². The van der Waals surface area contributed by atoms with Crippen LogP contribution in [0.2, 0.25) is 0 Å². The van der Waals surface area contributed by atoms with Crippen LogP contribution in [0.15, 0.2) is 48.6 Å². The molecule has 0 aromatic rings.